The first-order valence-electron chi connectivity index (χ1n) is 7.87. The average Bonchev–Trinajstić information content (AvgIpc) is 2.53. The van der Waals surface area contributed by atoms with Crippen LogP contribution >= 0.6 is 0 Å². The molecule has 3 N–H and O–H groups in total. The number of ether oxygens (including phenoxy) is 1. The Balaban J connectivity index is 0.000000713. The van der Waals surface area contributed by atoms with Gasteiger partial charge in [-0.1, -0.05) is 19.0 Å². The van der Waals surface area contributed by atoms with Gasteiger partial charge in [0.2, 0.25) is 0 Å². The Morgan fingerprint density at radius 2 is 1.90 bits per heavy atom. The molecule has 0 spiro atoms. The quantitative estimate of drug-likeness (QED) is 0.645. The SMILES string of the molecule is CC.CCO.O=NC1COC(CN2CCNCC2)C(O)C1. The maximum atomic E-state index is 10.3. The van der Waals surface area contributed by atoms with Crippen molar-refractivity contribution in [2.75, 3.05) is 45.9 Å². The molecule has 0 aliphatic carbocycles. The third kappa shape index (κ3) is 8.43. The van der Waals surface area contributed by atoms with Gasteiger partial charge in [0.1, 0.15) is 6.04 Å². The first-order chi connectivity index (χ1) is 10.2. The first-order valence-corrected chi connectivity index (χ1v) is 7.87. The van der Waals surface area contributed by atoms with Crippen LogP contribution in [0.5, 0.6) is 0 Å². The van der Waals surface area contributed by atoms with E-state index >= 15 is 0 Å². The minimum Gasteiger partial charge on any atom is -0.397 e. The number of nitrogens with zero attached hydrogens (tertiary/aromatic N) is 2. The molecule has 2 rings (SSSR count). The molecule has 0 aromatic heterocycles. The monoisotopic (exact) mass is 305 g/mol. The predicted molar refractivity (Wildman–Crippen MR) is 83.4 cm³/mol. The van der Waals surface area contributed by atoms with Gasteiger partial charge >= 0.3 is 0 Å². The van der Waals surface area contributed by atoms with Crippen molar-refractivity contribution in [3.05, 3.63) is 4.91 Å². The molecule has 3 atom stereocenters. The van der Waals surface area contributed by atoms with Crippen molar-refractivity contribution in [2.45, 2.75) is 45.4 Å². The summed E-state index contributed by atoms with van der Waals surface area (Å²) in [5.74, 6) is 0. The van der Waals surface area contributed by atoms with Gasteiger partial charge in [-0.3, -0.25) is 4.90 Å². The topological polar surface area (TPSA) is 94.4 Å². The molecule has 0 radical (unpaired) electrons. The first kappa shape index (κ1) is 20.4. The van der Waals surface area contributed by atoms with E-state index in [1.54, 1.807) is 6.92 Å². The van der Waals surface area contributed by atoms with E-state index in [1.165, 1.54) is 0 Å². The molecule has 0 aromatic carbocycles. The van der Waals surface area contributed by atoms with Crippen LogP contribution in [0.3, 0.4) is 0 Å². The van der Waals surface area contributed by atoms with Gasteiger partial charge in [0.25, 0.3) is 0 Å². The minimum atomic E-state index is -0.564. The highest BCUT2D eigenvalue weighted by molar-refractivity contribution is 4.85. The molecule has 2 aliphatic heterocycles. The zero-order valence-corrected chi connectivity index (χ0v) is 13.5. The van der Waals surface area contributed by atoms with Crippen LogP contribution in [0, 0.1) is 4.91 Å². The molecule has 0 amide bonds. The van der Waals surface area contributed by atoms with E-state index in [9.17, 15) is 10.0 Å². The Morgan fingerprint density at radius 1 is 1.33 bits per heavy atom. The van der Waals surface area contributed by atoms with Gasteiger partial charge in [-0.25, -0.2) is 0 Å². The molecule has 0 aromatic rings. The normalized spacial score (nSPS) is 29.5. The lowest BCUT2D eigenvalue weighted by atomic mass is 10.0. The predicted octanol–water partition coefficient (Wildman–Crippen LogP) is 0.201. The summed E-state index contributed by atoms with van der Waals surface area (Å²) >= 11 is 0. The molecule has 0 bridgehead atoms. The lowest BCUT2D eigenvalue weighted by Crippen LogP contribution is -2.51. The number of piperazine rings is 1. The van der Waals surface area contributed by atoms with Crippen LogP contribution in [0.2, 0.25) is 0 Å². The molecule has 7 nitrogen and oxygen atoms in total. The maximum absolute atomic E-state index is 10.3. The number of nitrogens with one attached hydrogen (secondary N) is 1. The van der Waals surface area contributed by atoms with Crippen LogP contribution in [-0.2, 0) is 4.74 Å². The van der Waals surface area contributed by atoms with Crippen molar-refractivity contribution >= 4 is 0 Å². The van der Waals surface area contributed by atoms with Crippen molar-refractivity contribution in [2.24, 2.45) is 5.18 Å². The number of hydrogen-bond donors (Lipinski definition) is 3. The molecule has 0 saturated carbocycles. The van der Waals surface area contributed by atoms with Gasteiger partial charge in [0, 0.05) is 45.8 Å². The fourth-order valence-electron chi connectivity index (χ4n) is 2.24. The molecule has 2 saturated heterocycles. The van der Waals surface area contributed by atoms with Gasteiger partial charge in [0.05, 0.1) is 18.8 Å². The highest BCUT2D eigenvalue weighted by Crippen LogP contribution is 2.17. The van der Waals surface area contributed by atoms with Crippen LogP contribution in [-0.4, -0.2) is 79.3 Å². The summed E-state index contributed by atoms with van der Waals surface area (Å²) in [6, 6.07) is -0.380. The van der Waals surface area contributed by atoms with E-state index in [0.717, 1.165) is 32.7 Å². The minimum absolute atomic E-state index is 0.170. The molecule has 2 fully saturated rings. The van der Waals surface area contributed by atoms with E-state index in [0.29, 0.717) is 13.0 Å². The number of nitroso groups, excluding NO2 is 1. The molecule has 2 heterocycles. The second kappa shape index (κ2) is 13.1. The smallest absolute Gasteiger partial charge is 0.118 e. The van der Waals surface area contributed by atoms with Crippen molar-refractivity contribution in [1.29, 1.82) is 0 Å². The molecule has 2 aliphatic rings. The summed E-state index contributed by atoms with van der Waals surface area (Å²) in [6.07, 6.45) is -0.303. The summed E-state index contributed by atoms with van der Waals surface area (Å²) in [5.41, 5.74) is 0. The molecular weight excluding hydrogens is 274 g/mol. The van der Waals surface area contributed by atoms with Crippen molar-refractivity contribution < 1.29 is 14.9 Å². The molecule has 126 valence electrons. The Hall–Kier alpha value is -0.600. The Labute approximate surface area is 127 Å². The summed E-state index contributed by atoms with van der Waals surface area (Å²) in [5, 5.41) is 23.6. The highest BCUT2D eigenvalue weighted by Gasteiger charge is 2.31. The van der Waals surface area contributed by atoms with Crippen LogP contribution in [0.1, 0.15) is 27.2 Å². The van der Waals surface area contributed by atoms with E-state index in [2.05, 4.69) is 15.4 Å². The summed E-state index contributed by atoms with van der Waals surface area (Å²) in [7, 11) is 0. The highest BCUT2D eigenvalue weighted by atomic mass is 16.5. The van der Waals surface area contributed by atoms with Crippen LogP contribution in [0.4, 0.5) is 0 Å². The van der Waals surface area contributed by atoms with Gasteiger partial charge in [-0.2, -0.15) is 4.91 Å². The van der Waals surface area contributed by atoms with Gasteiger partial charge < -0.3 is 20.3 Å². The van der Waals surface area contributed by atoms with Crippen LogP contribution in [0.25, 0.3) is 0 Å². The third-order valence-electron chi connectivity index (χ3n) is 3.24. The van der Waals surface area contributed by atoms with E-state index in [1.807, 2.05) is 13.8 Å². The standard InChI is InChI=1S/C10H19N3O3.C2H6O.C2H6/c14-9-5-8(12-15)7-16-10(9)6-13-3-1-11-2-4-13;1-2-3;1-2/h8-11,14H,1-7H2;3H,2H2,1H3;1-2H3. The fourth-order valence-corrected chi connectivity index (χ4v) is 2.24. The van der Waals surface area contributed by atoms with E-state index < -0.39 is 6.10 Å². The van der Waals surface area contributed by atoms with Crippen LogP contribution in [0.15, 0.2) is 5.18 Å². The fraction of sp³-hybridized carbons (Fsp3) is 1.00. The molecule has 21 heavy (non-hydrogen) atoms. The van der Waals surface area contributed by atoms with Gasteiger partial charge in [-0.05, 0) is 6.92 Å². The largest absolute Gasteiger partial charge is 0.397 e. The third-order valence-corrected chi connectivity index (χ3v) is 3.24. The second-order valence-corrected chi connectivity index (χ2v) is 4.80. The molecular formula is C14H31N3O4. The second-order valence-electron chi connectivity index (χ2n) is 4.80. The van der Waals surface area contributed by atoms with E-state index in [-0.39, 0.29) is 18.8 Å². The number of hydrogen-bond acceptors (Lipinski definition) is 7. The lowest BCUT2D eigenvalue weighted by Gasteiger charge is -2.35. The van der Waals surface area contributed by atoms with Crippen molar-refractivity contribution in [3.8, 4) is 0 Å². The van der Waals surface area contributed by atoms with Crippen molar-refractivity contribution in [1.82, 2.24) is 10.2 Å². The van der Waals surface area contributed by atoms with Crippen LogP contribution < -0.4 is 5.32 Å². The zero-order chi connectivity index (χ0) is 16.1. The summed E-state index contributed by atoms with van der Waals surface area (Å²) < 4.78 is 5.49. The Kier molecular flexibility index (Phi) is 12.7. The number of aliphatic hydroxyl groups is 2. The average molecular weight is 305 g/mol. The van der Waals surface area contributed by atoms with Gasteiger partial charge in [0.15, 0.2) is 0 Å². The van der Waals surface area contributed by atoms with E-state index in [4.69, 9.17) is 9.84 Å². The van der Waals surface area contributed by atoms with Crippen molar-refractivity contribution in [3.63, 3.8) is 0 Å². The number of aliphatic hydroxyl groups excluding tert-OH is 2. The zero-order valence-electron chi connectivity index (χ0n) is 13.5. The lowest BCUT2D eigenvalue weighted by molar-refractivity contribution is -0.0933. The summed E-state index contributed by atoms with van der Waals surface area (Å²) in [4.78, 5) is 12.6. The Bertz CT molecular complexity index is 250. The van der Waals surface area contributed by atoms with Gasteiger partial charge in [-0.15, -0.1) is 0 Å². The molecule has 7 heteroatoms. The number of rotatable bonds is 3. The Morgan fingerprint density at radius 3 is 2.38 bits per heavy atom. The molecule has 3 unspecified atom stereocenters. The summed E-state index contributed by atoms with van der Waals surface area (Å²) in [6.45, 7) is 11.0. The maximum Gasteiger partial charge on any atom is 0.118 e.